The van der Waals surface area contributed by atoms with Crippen LogP contribution in [0.25, 0.3) is 0 Å². The number of hydrogen-bond acceptors (Lipinski definition) is 6. The van der Waals surface area contributed by atoms with Crippen LogP contribution < -0.4 is 10.1 Å². The molecule has 1 atom stereocenters. The van der Waals surface area contributed by atoms with Crippen LogP contribution in [0.4, 0.5) is 5.69 Å². The Kier molecular flexibility index (Phi) is 8.37. The average molecular weight is 594 g/mol. The van der Waals surface area contributed by atoms with Crippen molar-refractivity contribution in [3.05, 3.63) is 86.8 Å². The van der Waals surface area contributed by atoms with E-state index in [0.717, 1.165) is 40.6 Å². The number of benzene rings is 3. The molecule has 2 N–H and O–H groups in total. The standard InChI is InChI=1S/C26H26BrClN2O5S/c1-36(33,34)22-6-7-23(24(28)13-22)26(32)29-20-4-2-3-17(11-20)16-35-25-8-5-19(27)12-18(25)14-30-10-9-21(31)15-30/h2-8,11-13,21,31H,9-10,14-16H2,1H3,(H,29,32)/t21-/m0/s1. The number of anilines is 1. The fourth-order valence-corrected chi connectivity index (χ4v) is 5.40. The van der Waals surface area contributed by atoms with Gasteiger partial charge in [-0.25, -0.2) is 8.42 Å². The quantitative estimate of drug-likeness (QED) is 0.386. The Balaban J connectivity index is 1.43. The molecular weight excluding hydrogens is 568 g/mol. The third-order valence-corrected chi connectivity index (χ3v) is 7.77. The predicted molar refractivity (Wildman–Crippen MR) is 143 cm³/mol. The molecule has 10 heteroatoms. The molecule has 3 aromatic rings. The summed E-state index contributed by atoms with van der Waals surface area (Å²) in [7, 11) is -3.42. The van der Waals surface area contributed by atoms with Gasteiger partial charge in [0.1, 0.15) is 12.4 Å². The molecule has 0 aliphatic carbocycles. The first-order valence-corrected chi connectivity index (χ1v) is 14.4. The van der Waals surface area contributed by atoms with E-state index in [2.05, 4.69) is 26.1 Å². The zero-order valence-electron chi connectivity index (χ0n) is 19.6. The van der Waals surface area contributed by atoms with Gasteiger partial charge in [-0.2, -0.15) is 0 Å². The summed E-state index contributed by atoms with van der Waals surface area (Å²) in [6.07, 6.45) is 1.57. The molecule has 190 valence electrons. The number of carbonyl (C=O) groups is 1. The second-order valence-corrected chi connectivity index (χ2v) is 12.1. The molecular formula is C26H26BrClN2O5S. The number of aliphatic hydroxyl groups excluding tert-OH is 1. The molecule has 0 saturated carbocycles. The first-order valence-electron chi connectivity index (χ1n) is 11.3. The number of rotatable bonds is 8. The SMILES string of the molecule is CS(=O)(=O)c1ccc(C(=O)Nc2cccc(COc3ccc(Br)cc3CN3CC[C@H](O)C3)c2)c(Cl)c1. The second-order valence-electron chi connectivity index (χ2n) is 8.79. The van der Waals surface area contributed by atoms with Crippen LogP contribution in [0.5, 0.6) is 5.75 Å². The number of ether oxygens (including phenoxy) is 1. The van der Waals surface area contributed by atoms with Gasteiger partial charge in [0.2, 0.25) is 0 Å². The van der Waals surface area contributed by atoms with Crippen LogP contribution in [-0.4, -0.2) is 49.8 Å². The second kappa shape index (κ2) is 11.3. The number of nitrogens with zero attached hydrogens (tertiary/aromatic N) is 1. The van der Waals surface area contributed by atoms with Crippen molar-refractivity contribution in [2.24, 2.45) is 0 Å². The molecule has 1 amide bonds. The molecule has 3 aromatic carbocycles. The molecule has 0 aromatic heterocycles. The molecule has 0 bridgehead atoms. The molecule has 1 aliphatic heterocycles. The van der Waals surface area contributed by atoms with Crippen molar-refractivity contribution in [3.63, 3.8) is 0 Å². The predicted octanol–water partition coefficient (Wildman–Crippen LogP) is 4.90. The third-order valence-electron chi connectivity index (χ3n) is 5.86. The van der Waals surface area contributed by atoms with Gasteiger partial charge in [-0.05, 0) is 60.5 Å². The monoisotopic (exact) mass is 592 g/mol. The van der Waals surface area contributed by atoms with Crippen molar-refractivity contribution in [2.75, 3.05) is 24.7 Å². The summed E-state index contributed by atoms with van der Waals surface area (Å²) in [5.41, 5.74) is 2.62. The number of halogens is 2. The third kappa shape index (κ3) is 6.86. The van der Waals surface area contributed by atoms with Gasteiger partial charge < -0.3 is 15.2 Å². The number of amides is 1. The summed E-state index contributed by atoms with van der Waals surface area (Å²) >= 11 is 9.70. The first-order chi connectivity index (χ1) is 17.1. The van der Waals surface area contributed by atoms with E-state index in [1.165, 1.54) is 18.2 Å². The minimum atomic E-state index is -3.42. The minimum absolute atomic E-state index is 0.0522. The van der Waals surface area contributed by atoms with E-state index in [4.69, 9.17) is 16.3 Å². The van der Waals surface area contributed by atoms with E-state index in [-0.39, 0.29) is 21.6 Å². The van der Waals surface area contributed by atoms with Gasteiger partial charge in [-0.1, -0.05) is 39.7 Å². The summed E-state index contributed by atoms with van der Waals surface area (Å²) < 4.78 is 30.5. The Bertz CT molecular complexity index is 1380. The largest absolute Gasteiger partial charge is 0.489 e. The highest BCUT2D eigenvalue weighted by Crippen LogP contribution is 2.27. The Morgan fingerprint density at radius 1 is 1.19 bits per heavy atom. The van der Waals surface area contributed by atoms with Crippen LogP contribution in [-0.2, 0) is 23.0 Å². The molecule has 36 heavy (non-hydrogen) atoms. The molecule has 0 radical (unpaired) electrons. The fraction of sp³-hybridized carbons (Fsp3) is 0.269. The highest BCUT2D eigenvalue weighted by molar-refractivity contribution is 9.10. The van der Waals surface area contributed by atoms with Gasteiger partial charge in [-0.15, -0.1) is 0 Å². The Hall–Kier alpha value is -2.43. The number of nitrogens with one attached hydrogen (secondary N) is 1. The molecule has 1 fully saturated rings. The maximum Gasteiger partial charge on any atom is 0.257 e. The number of sulfone groups is 1. The minimum Gasteiger partial charge on any atom is -0.489 e. The van der Waals surface area contributed by atoms with Crippen LogP contribution in [0.3, 0.4) is 0 Å². The maximum atomic E-state index is 12.7. The van der Waals surface area contributed by atoms with E-state index in [9.17, 15) is 18.3 Å². The van der Waals surface area contributed by atoms with Crippen molar-refractivity contribution in [1.29, 1.82) is 0 Å². The number of β-amino-alcohol motifs (C(OH)–C–C–N with tert-alkyl or cyclic N) is 1. The summed E-state index contributed by atoms with van der Waals surface area (Å²) in [4.78, 5) is 15.0. The fourth-order valence-electron chi connectivity index (χ4n) is 4.02. The smallest absolute Gasteiger partial charge is 0.257 e. The lowest BCUT2D eigenvalue weighted by atomic mass is 10.1. The van der Waals surface area contributed by atoms with Crippen LogP contribution in [0.1, 0.15) is 27.9 Å². The van der Waals surface area contributed by atoms with Crippen LogP contribution in [0.2, 0.25) is 5.02 Å². The molecule has 0 spiro atoms. The van der Waals surface area contributed by atoms with E-state index < -0.39 is 15.7 Å². The van der Waals surface area contributed by atoms with Crippen molar-refractivity contribution >= 4 is 49.0 Å². The molecule has 1 saturated heterocycles. The highest BCUT2D eigenvalue weighted by Gasteiger charge is 2.21. The number of likely N-dealkylation sites (tertiary alicyclic amines) is 1. The lowest BCUT2D eigenvalue weighted by Crippen LogP contribution is -2.21. The topological polar surface area (TPSA) is 95.9 Å². The summed E-state index contributed by atoms with van der Waals surface area (Å²) in [5, 5.41) is 12.7. The molecule has 1 aliphatic rings. The summed E-state index contributed by atoms with van der Waals surface area (Å²) in [6, 6.07) is 17.2. The van der Waals surface area contributed by atoms with Crippen LogP contribution in [0.15, 0.2) is 70.0 Å². The lowest BCUT2D eigenvalue weighted by molar-refractivity contribution is 0.102. The van der Waals surface area contributed by atoms with E-state index in [0.29, 0.717) is 25.4 Å². The Labute approximate surface area is 224 Å². The number of aliphatic hydroxyl groups is 1. The zero-order valence-corrected chi connectivity index (χ0v) is 22.7. The number of carbonyl (C=O) groups excluding carboxylic acids is 1. The van der Waals surface area contributed by atoms with Gasteiger partial charge in [0.15, 0.2) is 9.84 Å². The highest BCUT2D eigenvalue weighted by atomic mass is 79.9. The van der Waals surface area contributed by atoms with Crippen molar-refractivity contribution in [1.82, 2.24) is 4.90 Å². The molecule has 1 heterocycles. The summed E-state index contributed by atoms with van der Waals surface area (Å²) in [6.45, 7) is 2.47. The van der Waals surface area contributed by atoms with E-state index in [1.807, 2.05) is 36.4 Å². The molecule has 4 rings (SSSR count). The van der Waals surface area contributed by atoms with Gasteiger partial charge in [0, 0.05) is 41.6 Å². The number of hydrogen-bond donors (Lipinski definition) is 2. The van der Waals surface area contributed by atoms with Gasteiger partial charge in [-0.3, -0.25) is 9.69 Å². The zero-order chi connectivity index (χ0) is 25.9. The Morgan fingerprint density at radius 3 is 2.69 bits per heavy atom. The van der Waals surface area contributed by atoms with E-state index >= 15 is 0 Å². The van der Waals surface area contributed by atoms with Gasteiger partial charge in [0.25, 0.3) is 5.91 Å². The van der Waals surface area contributed by atoms with Crippen molar-refractivity contribution in [3.8, 4) is 5.75 Å². The van der Waals surface area contributed by atoms with Crippen LogP contribution in [0, 0.1) is 0 Å². The van der Waals surface area contributed by atoms with Crippen molar-refractivity contribution in [2.45, 2.75) is 30.6 Å². The molecule has 0 unspecified atom stereocenters. The normalized spacial score (nSPS) is 16.2. The van der Waals surface area contributed by atoms with E-state index in [1.54, 1.807) is 6.07 Å². The first kappa shape index (κ1) is 26.6. The van der Waals surface area contributed by atoms with Gasteiger partial charge >= 0.3 is 0 Å². The van der Waals surface area contributed by atoms with Gasteiger partial charge in [0.05, 0.1) is 21.6 Å². The summed E-state index contributed by atoms with van der Waals surface area (Å²) in [5.74, 6) is 0.313. The van der Waals surface area contributed by atoms with Crippen LogP contribution >= 0.6 is 27.5 Å². The lowest BCUT2D eigenvalue weighted by Gasteiger charge is -2.18. The van der Waals surface area contributed by atoms with Crippen molar-refractivity contribution < 1.29 is 23.1 Å². The Morgan fingerprint density at radius 2 is 2.00 bits per heavy atom. The maximum absolute atomic E-state index is 12.7. The molecule has 7 nitrogen and oxygen atoms in total. The average Bonchev–Trinajstić information content (AvgIpc) is 3.22.